The van der Waals surface area contributed by atoms with Crippen molar-refractivity contribution in [2.75, 3.05) is 11.5 Å². The number of halogens is 3. The van der Waals surface area contributed by atoms with E-state index in [1.165, 1.54) is 34.2 Å². The standard InChI is InChI=1S/C15H13F3N4O2/c1-2-24-13(23)10-7-21(14-19-9-20-22(14)8-10)12-5-3-11(4-6-12)15(16,17)18/h3-7,9H,2,8H2,1H3. The molecule has 24 heavy (non-hydrogen) atoms. The smallest absolute Gasteiger partial charge is 0.416 e. The van der Waals surface area contributed by atoms with Crippen LogP contribution in [-0.4, -0.2) is 27.3 Å². The Bertz CT molecular complexity index is 781. The molecule has 0 N–H and O–H groups in total. The van der Waals surface area contributed by atoms with Crippen molar-refractivity contribution in [3.05, 3.63) is 47.9 Å². The molecule has 0 aliphatic carbocycles. The van der Waals surface area contributed by atoms with Crippen molar-refractivity contribution in [3.8, 4) is 0 Å². The number of nitrogens with zero attached hydrogens (tertiary/aromatic N) is 4. The van der Waals surface area contributed by atoms with Gasteiger partial charge in [-0.1, -0.05) is 0 Å². The highest BCUT2D eigenvalue weighted by molar-refractivity contribution is 5.90. The van der Waals surface area contributed by atoms with Crippen molar-refractivity contribution in [2.24, 2.45) is 0 Å². The van der Waals surface area contributed by atoms with Crippen LogP contribution in [0, 0.1) is 0 Å². The lowest BCUT2D eigenvalue weighted by molar-refractivity contribution is -0.139. The van der Waals surface area contributed by atoms with Gasteiger partial charge in [0.05, 0.1) is 24.3 Å². The fourth-order valence-corrected chi connectivity index (χ4v) is 2.31. The Morgan fingerprint density at radius 2 is 2.00 bits per heavy atom. The summed E-state index contributed by atoms with van der Waals surface area (Å²) in [6.07, 6.45) is -1.59. The second-order valence-corrected chi connectivity index (χ2v) is 5.01. The summed E-state index contributed by atoms with van der Waals surface area (Å²) in [6.45, 7) is 2.10. The fraction of sp³-hybridized carbons (Fsp3) is 0.267. The normalized spacial score (nSPS) is 14.2. The fourth-order valence-electron chi connectivity index (χ4n) is 2.31. The van der Waals surface area contributed by atoms with Gasteiger partial charge in [-0.05, 0) is 31.2 Å². The van der Waals surface area contributed by atoms with E-state index in [1.807, 2.05) is 0 Å². The highest BCUT2D eigenvalue weighted by atomic mass is 19.4. The summed E-state index contributed by atoms with van der Waals surface area (Å²) < 4.78 is 44.5. The number of hydrogen-bond acceptors (Lipinski definition) is 5. The SMILES string of the molecule is CCOC(=O)C1=CN(c2ccc(C(F)(F)F)cc2)c2ncnn2C1. The largest absolute Gasteiger partial charge is 0.463 e. The average molecular weight is 338 g/mol. The van der Waals surface area contributed by atoms with E-state index < -0.39 is 17.7 Å². The van der Waals surface area contributed by atoms with E-state index in [1.54, 1.807) is 6.92 Å². The topological polar surface area (TPSA) is 60.2 Å². The highest BCUT2D eigenvalue weighted by Gasteiger charge is 2.31. The van der Waals surface area contributed by atoms with Gasteiger partial charge in [-0.25, -0.2) is 9.48 Å². The summed E-state index contributed by atoms with van der Waals surface area (Å²) in [5.41, 5.74) is 0.00724. The van der Waals surface area contributed by atoms with Gasteiger partial charge in [0.15, 0.2) is 0 Å². The Labute approximate surface area is 135 Å². The molecule has 0 amide bonds. The van der Waals surface area contributed by atoms with Crippen LogP contribution in [0.2, 0.25) is 0 Å². The van der Waals surface area contributed by atoms with Crippen molar-refractivity contribution in [1.82, 2.24) is 14.8 Å². The summed E-state index contributed by atoms with van der Waals surface area (Å²) in [5.74, 6) is -0.0987. The molecule has 0 radical (unpaired) electrons. The summed E-state index contributed by atoms with van der Waals surface area (Å²) in [5, 5.41) is 4.02. The summed E-state index contributed by atoms with van der Waals surface area (Å²) in [7, 11) is 0. The first-order valence-corrected chi connectivity index (χ1v) is 7.12. The van der Waals surface area contributed by atoms with Crippen LogP contribution >= 0.6 is 0 Å². The van der Waals surface area contributed by atoms with Crippen LogP contribution in [0.3, 0.4) is 0 Å². The molecule has 6 nitrogen and oxygen atoms in total. The third kappa shape index (κ3) is 2.97. The molecular formula is C15H13F3N4O2. The molecule has 3 rings (SSSR count). The monoisotopic (exact) mass is 338 g/mol. The zero-order valence-electron chi connectivity index (χ0n) is 12.6. The second-order valence-electron chi connectivity index (χ2n) is 5.01. The molecule has 0 saturated heterocycles. The quantitative estimate of drug-likeness (QED) is 0.806. The summed E-state index contributed by atoms with van der Waals surface area (Å²) >= 11 is 0. The zero-order valence-corrected chi connectivity index (χ0v) is 12.6. The third-order valence-corrected chi connectivity index (χ3v) is 3.43. The number of esters is 1. The van der Waals surface area contributed by atoms with E-state index in [-0.39, 0.29) is 13.2 Å². The Hall–Kier alpha value is -2.84. The molecule has 0 unspecified atom stereocenters. The number of hydrogen-bond donors (Lipinski definition) is 0. The number of alkyl halides is 3. The van der Waals surface area contributed by atoms with Gasteiger partial charge in [0.2, 0.25) is 5.95 Å². The van der Waals surface area contributed by atoms with Crippen molar-refractivity contribution in [3.63, 3.8) is 0 Å². The number of aromatic nitrogens is 3. The van der Waals surface area contributed by atoms with Crippen LogP contribution in [-0.2, 0) is 22.3 Å². The Morgan fingerprint density at radius 1 is 1.29 bits per heavy atom. The molecule has 1 aliphatic rings. The highest BCUT2D eigenvalue weighted by Crippen LogP contribution is 2.33. The van der Waals surface area contributed by atoms with E-state index in [2.05, 4.69) is 10.1 Å². The van der Waals surface area contributed by atoms with Gasteiger partial charge in [-0.15, -0.1) is 0 Å². The van der Waals surface area contributed by atoms with Gasteiger partial charge in [0.25, 0.3) is 0 Å². The number of fused-ring (bicyclic) bond motifs is 1. The average Bonchev–Trinajstić information content (AvgIpc) is 3.02. The molecule has 1 aromatic carbocycles. The molecule has 1 aliphatic heterocycles. The minimum Gasteiger partial charge on any atom is -0.463 e. The van der Waals surface area contributed by atoms with Crippen molar-refractivity contribution in [2.45, 2.75) is 19.6 Å². The molecule has 9 heteroatoms. The van der Waals surface area contributed by atoms with E-state index >= 15 is 0 Å². The first-order chi connectivity index (χ1) is 11.4. The molecule has 2 aromatic rings. The molecule has 0 bridgehead atoms. The maximum atomic E-state index is 12.7. The van der Waals surface area contributed by atoms with E-state index in [9.17, 15) is 18.0 Å². The van der Waals surface area contributed by atoms with Crippen LogP contribution in [0.15, 0.2) is 42.4 Å². The number of ether oxygens (including phenoxy) is 1. The van der Waals surface area contributed by atoms with Crippen LogP contribution < -0.4 is 4.90 Å². The predicted octanol–water partition coefficient (Wildman–Crippen LogP) is 2.90. The first kappa shape index (κ1) is 16.0. The Balaban J connectivity index is 1.97. The van der Waals surface area contributed by atoms with Crippen LogP contribution in [0.1, 0.15) is 12.5 Å². The van der Waals surface area contributed by atoms with Crippen molar-refractivity contribution in [1.29, 1.82) is 0 Å². The molecule has 1 aromatic heterocycles. The molecule has 126 valence electrons. The van der Waals surface area contributed by atoms with Crippen molar-refractivity contribution >= 4 is 17.6 Å². The van der Waals surface area contributed by atoms with Crippen LogP contribution in [0.5, 0.6) is 0 Å². The van der Waals surface area contributed by atoms with E-state index in [0.717, 1.165) is 12.1 Å². The number of carbonyl (C=O) groups is 1. The van der Waals surface area contributed by atoms with Crippen molar-refractivity contribution < 1.29 is 22.7 Å². The lowest BCUT2D eigenvalue weighted by atomic mass is 10.1. The zero-order chi connectivity index (χ0) is 17.3. The minimum absolute atomic E-state index is 0.186. The first-order valence-electron chi connectivity index (χ1n) is 7.12. The number of carbonyl (C=O) groups excluding carboxylic acids is 1. The predicted molar refractivity (Wildman–Crippen MR) is 78.3 cm³/mol. The molecule has 2 heterocycles. The number of anilines is 2. The molecule has 0 saturated carbocycles. The van der Waals surface area contributed by atoms with Gasteiger partial charge >= 0.3 is 12.1 Å². The second kappa shape index (κ2) is 5.99. The minimum atomic E-state index is -4.41. The number of rotatable bonds is 3. The Kier molecular flexibility index (Phi) is 4.00. The van der Waals surface area contributed by atoms with E-state index in [0.29, 0.717) is 17.2 Å². The molecule has 0 fully saturated rings. The van der Waals surface area contributed by atoms with Gasteiger partial charge in [0.1, 0.15) is 6.33 Å². The van der Waals surface area contributed by atoms with E-state index in [4.69, 9.17) is 4.74 Å². The Morgan fingerprint density at radius 3 is 2.62 bits per heavy atom. The van der Waals surface area contributed by atoms with Gasteiger partial charge in [-0.3, -0.25) is 4.90 Å². The summed E-state index contributed by atoms with van der Waals surface area (Å²) in [4.78, 5) is 17.6. The lowest BCUT2D eigenvalue weighted by Crippen LogP contribution is -2.26. The lowest BCUT2D eigenvalue weighted by Gasteiger charge is -2.25. The maximum Gasteiger partial charge on any atom is 0.416 e. The van der Waals surface area contributed by atoms with Gasteiger partial charge in [-0.2, -0.15) is 23.3 Å². The van der Waals surface area contributed by atoms with Crippen LogP contribution in [0.25, 0.3) is 0 Å². The molecule has 0 spiro atoms. The maximum absolute atomic E-state index is 12.7. The van der Waals surface area contributed by atoms with Crippen LogP contribution in [0.4, 0.5) is 24.8 Å². The third-order valence-electron chi connectivity index (χ3n) is 3.43. The summed E-state index contributed by atoms with van der Waals surface area (Å²) in [6, 6.07) is 4.57. The van der Waals surface area contributed by atoms with Gasteiger partial charge < -0.3 is 4.74 Å². The molecular weight excluding hydrogens is 325 g/mol. The number of benzene rings is 1. The van der Waals surface area contributed by atoms with Gasteiger partial charge in [0, 0.05) is 11.9 Å². The molecule has 0 atom stereocenters.